The lowest BCUT2D eigenvalue weighted by atomic mass is 10.2. The van der Waals surface area contributed by atoms with E-state index in [4.69, 9.17) is 11.6 Å². The Morgan fingerprint density at radius 1 is 1.32 bits per heavy atom. The maximum atomic E-state index is 6.11. The number of anilines is 1. The zero-order valence-electron chi connectivity index (χ0n) is 11.2. The van der Waals surface area contributed by atoms with Crippen LogP contribution in [0.2, 0.25) is 5.15 Å². The molecule has 5 nitrogen and oxygen atoms in total. The van der Waals surface area contributed by atoms with Crippen molar-refractivity contribution in [2.75, 3.05) is 5.32 Å². The molecule has 0 radical (unpaired) electrons. The third-order valence-electron chi connectivity index (χ3n) is 2.73. The monoisotopic (exact) mass is 299 g/mol. The van der Waals surface area contributed by atoms with E-state index in [2.05, 4.69) is 39.3 Å². The SMILES string of the molecule is CCCCc1nc(Cl)c(CNc2nnc(CC)s2)[nH]1. The lowest BCUT2D eigenvalue weighted by Crippen LogP contribution is -2.00. The molecule has 0 fully saturated rings. The maximum Gasteiger partial charge on any atom is 0.205 e. The molecule has 0 aliphatic rings. The van der Waals surface area contributed by atoms with Gasteiger partial charge in [0.1, 0.15) is 10.8 Å². The summed E-state index contributed by atoms with van der Waals surface area (Å²) in [5, 5.41) is 13.7. The van der Waals surface area contributed by atoms with E-state index in [-0.39, 0.29) is 0 Å². The fourth-order valence-electron chi connectivity index (χ4n) is 1.65. The van der Waals surface area contributed by atoms with Gasteiger partial charge in [0.05, 0.1) is 12.2 Å². The van der Waals surface area contributed by atoms with Crippen molar-refractivity contribution in [1.29, 1.82) is 0 Å². The van der Waals surface area contributed by atoms with Crippen molar-refractivity contribution in [3.05, 3.63) is 21.7 Å². The summed E-state index contributed by atoms with van der Waals surface area (Å²) in [5.41, 5.74) is 0.904. The molecule has 0 saturated carbocycles. The highest BCUT2D eigenvalue weighted by molar-refractivity contribution is 7.15. The molecule has 2 aromatic rings. The average Bonchev–Trinajstić information content (AvgIpc) is 3.00. The highest BCUT2D eigenvalue weighted by Gasteiger charge is 2.09. The third kappa shape index (κ3) is 3.91. The maximum absolute atomic E-state index is 6.11. The van der Waals surface area contributed by atoms with Gasteiger partial charge in [0.15, 0.2) is 5.15 Å². The molecule has 2 N–H and O–H groups in total. The zero-order valence-corrected chi connectivity index (χ0v) is 12.7. The molecule has 0 spiro atoms. The number of hydrogen-bond donors (Lipinski definition) is 2. The molecule has 104 valence electrons. The number of rotatable bonds is 7. The van der Waals surface area contributed by atoms with Gasteiger partial charge in [-0.05, 0) is 12.8 Å². The first-order chi connectivity index (χ1) is 9.22. The number of halogens is 1. The van der Waals surface area contributed by atoms with Crippen molar-refractivity contribution >= 4 is 28.1 Å². The van der Waals surface area contributed by atoms with E-state index in [9.17, 15) is 0 Å². The fourth-order valence-corrected chi connectivity index (χ4v) is 2.54. The highest BCUT2D eigenvalue weighted by atomic mass is 35.5. The molecule has 19 heavy (non-hydrogen) atoms. The van der Waals surface area contributed by atoms with Crippen LogP contribution in [-0.4, -0.2) is 20.2 Å². The molecule has 0 bridgehead atoms. The molecule has 2 heterocycles. The fraction of sp³-hybridized carbons (Fsp3) is 0.583. The summed E-state index contributed by atoms with van der Waals surface area (Å²) in [6, 6.07) is 0. The van der Waals surface area contributed by atoms with Gasteiger partial charge in [-0.3, -0.25) is 0 Å². The normalized spacial score (nSPS) is 10.9. The molecule has 0 saturated heterocycles. The summed E-state index contributed by atoms with van der Waals surface area (Å²) in [7, 11) is 0. The summed E-state index contributed by atoms with van der Waals surface area (Å²) in [4.78, 5) is 7.58. The highest BCUT2D eigenvalue weighted by Crippen LogP contribution is 2.19. The quantitative estimate of drug-likeness (QED) is 0.822. The van der Waals surface area contributed by atoms with Gasteiger partial charge < -0.3 is 10.3 Å². The number of nitrogens with one attached hydrogen (secondary N) is 2. The number of aromatic nitrogens is 4. The largest absolute Gasteiger partial charge is 0.354 e. The van der Waals surface area contributed by atoms with Gasteiger partial charge in [-0.15, -0.1) is 10.2 Å². The number of imidazole rings is 1. The first kappa shape index (κ1) is 14.3. The van der Waals surface area contributed by atoms with E-state index in [1.54, 1.807) is 11.3 Å². The van der Waals surface area contributed by atoms with Gasteiger partial charge in [-0.25, -0.2) is 4.98 Å². The van der Waals surface area contributed by atoms with Crippen LogP contribution in [0, 0.1) is 0 Å². The summed E-state index contributed by atoms with van der Waals surface area (Å²) >= 11 is 7.68. The number of nitrogens with zero attached hydrogens (tertiary/aromatic N) is 3. The van der Waals surface area contributed by atoms with Crippen LogP contribution in [0.3, 0.4) is 0 Å². The van der Waals surface area contributed by atoms with Gasteiger partial charge >= 0.3 is 0 Å². The van der Waals surface area contributed by atoms with E-state index in [0.29, 0.717) is 11.7 Å². The zero-order chi connectivity index (χ0) is 13.7. The van der Waals surface area contributed by atoms with Crippen LogP contribution >= 0.6 is 22.9 Å². The second-order valence-corrected chi connectivity index (χ2v) is 5.68. The van der Waals surface area contributed by atoms with Gasteiger partial charge in [0.2, 0.25) is 5.13 Å². The Balaban J connectivity index is 1.93. The first-order valence-corrected chi connectivity index (χ1v) is 7.71. The van der Waals surface area contributed by atoms with E-state index >= 15 is 0 Å². The van der Waals surface area contributed by atoms with Crippen molar-refractivity contribution in [2.24, 2.45) is 0 Å². The molecule has 7 heteroatoms. The van der Waals surface area contributed by atoms with Crippen LogP contribution in [0.1, 0.15) is 43.2 Å². The Morgan fingerprint density at radius 3 is 2.84 bits per heavy atom. The number of hydrogen-bond acceptors (Lipinski definition) is 5. The Bertz CT molecular complexity index is 522. The van der Waals surface area contributed by atoms with Crippen molar-refractivity contribution in [3.8, 4) is 0 Å². The van der Waals surface area contributed by atoms with E-state index < -0.39 is 0 Å². The minimum atomic E-state index is 0.541. The van der Waals surface area contributed by atoms with Gasteiger partial charge in [-0.2, -0.15) is 0 Å². The van der Waals surface area contributed by atoms with E-state index in [1.165, 1.54) is 0 Å². The second-order valence-electron chi connectivity index (χ2n) is 4.26. The van der Waals surface area contributed by atoms with E-state index in [1.807, 2.05) is 0 Å². The summed E-state index contributed by atoms with van der Waals surface area (Å²) in [6.07, 6.45) is 4.11. The van der Waals surface area contributed by atoms with Crippen molar-refractivity contribution in [2.45, 2.75) is 46.1 Å². The van der Waals surface area contributed by atoms with Crippen LogP contribution < -0.4 is 5.32 Å². The molecule has 0 aromatic carbocycles. The van der Waals surface area contributed by atoms with Crippen molar-refractivity contribution in [3.63, 3.8) is 0 Å². The lowest BCUT2D eigenvalue weighted by molar-refractivity contribution is 0.760. The average molecular weight is 300 g/mol. The molecule has 0 aliphatic carbocycles. The Labute approximate surface area is 121 Å². The number of H-pyrrole nitrogens is 1. The molecule has 0 atom stereocenters. The van der Waals surface area contributed by atoms with Crippen LogP contribution in [0.5, 0.6) is 0 Å². The third-order valence-corrected chi connectivity index (χ3v) is 4.07. The van der Waals surface area contributed by atoms with Gasteiger partial charge in [-0.1, -0.05) is 43.2 Å². The topological polar surface area (TPSA) is 66.5 Å². The molecule has 0 unspecified atom stereocenters. The van der Waals surface area contributed by atoms with Crippen molar-refractivity contribution < 1.29 is 0 Å². The predicted octanol–water partition coefficient (Wildman–Crippen LogP) is 3.43. The predicted molar refractivity (Wildman–Crippen MR) is 78.8 cm³/mol. The van der Waals surface area contributed by atoms with Crippen LogP contribution in [0.4, 0.5) is 5.13 Å². The van der Waals surface area contributed by atoms with Crippen molar-refractivity contribution in [1.82, 2.24) is 20.2 Å². The Morgan fingerprint density at radius 2 is 2.16 bits per heavy atom. The van der Waals surface area contributed by atoms with E-state index in [0.717, 1.165) is 47.3 Å². The smallest absolute Gasteiger partial charge is 0.205 e. The summed E-state index contributed by atoms with van der Waals surface area (Å²) < 4.78 is 0. The molecule has 0 amide bonds. The minimum absolute atomic E-state index is 0.541. The number of unbranched alkanes of at least 4 members (excludes halogenated alkanes) is 1. The van der Waals surface area contributed by atoms with Gasteiger partial charge in [0, 0.05) is 6.42 Å². The van der Waals surface area contributed by atoms with Crippen LogP contribution in [0.15, 0.2) is 0 Å². The number of aromatic amines is 1. The summed E-state index contributed by atoms with van der Waals surface area (Å²) in [6.45, 7) is 4.82. The molecule has 2 aromatic heterocycles. The minimum Gasteiger partial charge on any atom is -0.354 e. The number of aryl methyl sites for hydroxylation is 2. The van der Waals surface area contributed by atoms with Crippen LogP contribution in [0.25, 0.3) is 0 Å². The molecular formula is C12H18ClN5S. The lowest BCUT2D eigenvalue weighted by Gasteiger charge is -1.99. The van der Waals surface area contributed by atoms with Crippen LogP contribution in [-0.2, 0) is 19.4 Å². The first-order valence-electron chi connectivity index (χ1n) is 6.52. The standard InChI is InChI=1S/C12H18ClN5S/c1-3-5-6-9-15-8(11(13)16-9)7-14-12-18-17-10(4-2)19-12/h3-7H2,1-2H3,(H,14,18)(H,15,16). The van der Waals surface area contributed by atoms with Gasteiger partial charge in [0.25, 0.3) is 0 Å². The summed E-state index contributed by atoms with van der Waals surface area (Å²) in [5.74, 6) is 0.954. The molecular weight excluding hydrogens is 282 g/mol. The molecule has 2 rings (SSSR count). The molecule has 0 aliphatic heterocycles. The Kier molecular flexibility index (Phi) is 5.15. The Hall–Kier alpha value is -1.14. The second kappa shape index (κ2) is 6.86.